The standard InChI is InChI=1S/C21H21N3OS/c1-14(15-6-7-19-18(12-15)22-13-26-19)24-10-8-21(9-11-24)16-4-2-3-5-17(16)23-20(21)25/h2-7,12-14H,8-11H2,1H3,(H,23,25)/t14-/m1/s1. The van der Waals surface area contributed by atoms with E-state index >= 15 is 0 Å². The van der Waals surface area contributed by atoms with Crippen molar-refractivity contribution in [3.05, 3.63) is 59.1 Å². The number of anilines is 1. The van der Waals surface area contributed by atoms with Crippen LogP contribution in [0.15, 0.2) is 48.0 Å². The predicted octanol–water partition coefficient (Wildman–Crippen LogP) is 4.34. The minimum atomic E-state index is -0.342. The number of fused-ring (bicyclic) bond motifs is 3. The van der Waals surface area contributed by atoms with Crippen molar-refractivity contribution in [2.75, 3.05) is 18.4 Å². The SMILES string of the molecule is C[C@H](c1ccc2scnc2c1)N1CCC2(CC1)C(=O)Nc1ccccc12. The van der Waals surface area contributed by atoms with Crippen LogP contribution in [-0.2, 0) is 10.2 Å². The van der Waals surface area contributed by atoms with Gasteiger partial charge < -0.3 is 5.32 Å². The van der Waals surface area contributed by atoms with E-state index in [4.69, 9.17) is 0 Å². The van der Waals surface area contributed by atoms with Crippen molar-refractivity contribution < 1.29 is 4.79 Å². The van der Waals surface area contributed by atoms with E-state index in [2.05, 4.69) is 46.4 Å². The van der Waals surface area contributed by atoms with Crippen LogP contribution in [0.25, 0.3) is 10.2 Å². The van der Waals surface area contributed by atoms with Crippen molar-refractivity contribution in [3.8, 4) is 0 Å². The van der Waals surface area contributed by atoms with Gasteiger partial charge in [0.15, 0.2) is 0 Å². The second kappa shape index (κ2) is 5.89. The van der Waals surface area contributed by atoms with Crippen LogP contribution < -0.4 is 5.32 Å². The number of thiazole rings is 1. The molecule has 2 aromatic carbocycles. The van der Waals surface area contributed by atoms with Crippen molar-refractivity contribution in [2.24, 2.45) is 0 Å². The number of aromatic nitrogens is 1. The minimum absolute atomic E-state index is 0.176. The molecular weight excluding hydrogens is 342 g/mol. The number of nitrogens with one attached hydrogen (secondary N) is 1. The Morgan fingerprint density at radius 1 is 1.19 bits per heavy atom. The Morgan fingerprint density at radius 2 is 2.00 bits per heavy atom. The number of piperidine rings is 1. The fourth-order valence-electron chi connectivity index (χ4n) is 4.51. The fourth-order valence-corrected chi connectivity index (χ4v) is 5.17. The molecule has 132 valence electrons. The lowest BCUT2D eigenvalue weighted by Crippen LogP contribution is -2.47. The first-order chi connectivity index (χ1) is 12.7. The van der Waals surface area contributed by atoms with Gasteiger partial charge in [-0.15, -0.1) is 11.3 Å². The first-order valence-electron chi connectivity index (χ1n) is 9.15. The molecule has 5 rings (SSSR count). The van der Waals surface area contributed by atoms with E-state index in [1.807, 2.05) is 23.7 Å². The number of hydrogen-bond acceptors (Lipinski definition) is 4. The number of para-hydroxylation sites is 1. The summed E-state index contributed by atoms with van der Waals surface area (Å²) < 4.78 is 1.23. The highest BCUT2D eigenvalue weighted by molar-refractivity contribution is 7.16. The molecule has 0 saturated carbocycles. The molecule has 1 aromatic heterocycles. The molecule has 0 bridgehead atoms. The second-order valence-electron chi connectivity index (χ2n) is 7.37. The lowest BCUT2D eigenvalue weighted by molar-refractivity contribution is -0.122. The molecule has 1 N–H and O–H groups in total. The van der Waals surface area contributed by atoms with Crippen LogP contribution in [0, 0.1) is 0 Å². The van der Waals surface area contributed by atoms with E-state index in [0.717, 1.165) is 37.1 Å². The maximum absolute atomic E-state index is 12.7. The molecule has 1 fully saturated rings. The Morgan fingerprint density at radius 3 is 2.85 bits per heavy atom. The topological polar surface area (TPSA) is 45.2 Å². The normalized spacial score (nSPS) is 20.3. The first-order valence-corrected chi connectivity index (χ1v) is 10.0. The van der Waals surface area contributed by atoms with Gasteiger partial charge in [0.2, 0.25) is 5.91 Å². The Labute approximate surface area is 156 Å². The zero-order chi connectivity index (χ0) is 17.7. The summed E-state index contributed by atoms with van der Waals surface area (Å²) in [6, 6.07) is 15.1. The van der Waals surface area contributed by atoms with E-state index in [0.29, 0.717) is 6.04 Å². The third-order valence-electron chi connectivity index (χ3n) is 6.16. The number of amides is 1. The second-order valence-corrected chi connectivity index (χ2v) is 8.26. The Kier molecular flexibility index (Phi) is 3.62. The number of hydrogen-bond donors (Lipinski definition) is 1. The lowest BCUT2D eigenvalue weighted by atomic mass is 9.73. The van der Waals surface area contributed by atoms with Crippen molar-refractivity contribution >= 4 is 33.1 Å². The number of nitrogens with zero attached hydrogens (tertiary/aromatic N) is 2. The molecule has 0 radical (unpaired) electrons. The fraction of sp³-hybridized carbons (Fsp3) is 0.333. The van der Waals surface area contributed by atoms with E-state index in [9.17, 15) is 4.79 Å². The quantitative estimate of drug-likeness (QED) is 0.736. The maximum atomic E-state index is 12.7. The molecular formula is C21H21N3OS. The summed E-state index contributed by atoms with van der Waals surface area (Å²) >= 11 is 1.68. The molecule has 2 aliphatic heterocycles. The van der Waals surface area contributed by atoms with Crippen LogP contribution in [0.5, 0.6) is 0 Å². The number of rotatable bonds is 2. The Hall–Kier alpha value is -2.24. The molecule has 0 aliphatic carbocycles. The van der Waals surface area contributed by atoms with Gasteiger partial charge >= 0.3 is 0 Å². The monoisotopic (exact) mass is 363 g/mol. The molecule has 1 atom stereocenters. The first kappa shape index (κ1) is 16.0. The minimum Gasteiger partial charge on any atom is -0.325 e. The summed E-state index contributed by atoms with van der Waals surface area (Å²) in [5.74, 6) is 0.176. The molecule has 1 saturated heterocycles. The number of likely N-dealkylation sites (tertiary alicyclic amines) is 1. The molecule has 3 aromatic rings. The molecule has 4 nitrogen and oxygen atoms in total. The zero-order valence-electron chi connectivity index (χ0n) is 14.7. The van der Waals surface area contributed by atoms with Crippen molar-refractivity contribution in [1.82, 2.24) is 9.88 Å². The van der Waals surface area contributed by atoms with Crippen molar-refractivity contribution in [3.63, 3.8) is 0 Å². The largest absolute Gasteiger partial charge is 0.325 e. The summed E-state index contributed by atoms with van der Waals surface area (Å²) in [5, 5.41) is 3.09. The molecule has 1 spiro atoms. The van der Waals surface area contributed by atoms with Crippen molar-refractivity contribution in [2.45, 2.75) is 31.2 Å². The summed E-state index contributed by atoms with van der Waals surface area (Å²) in [5.41, 5.74) is 6.12. The van der Waals surface area contributed by atoms with E-state index in [1.54, 1.807) is 11.3 Å². The van der Waals surface area contributed by atoms with Crippen LogP contribution in [0.2, 0.25) is 0 Å². The van der Waals surface area contributed by atoms with Crippen LogP contribution >= 0.6 is 11.3 Å². The average molecular weight is 363 g/mol. The van der Waals surface area contributed by atoms with Gasteiger partial charge in [0.25, 0.3) is 0 Å². The lowest BCUT2D eigenvalue weighted by Gasteiger charge is -2.40. The average Bonchev–Trinajstić information content (AvgIpc) is 3.25. The van der Waals surface area contributed by atoms with Crippen molar-refractivity contribution in [1.29, 1.82) is 0 Å². The Balaban J connectivity index is 1.38. The molecule has 1 amide bonds. The zero-order valence-corrected chi connectivity index (χ0v) is 15.6. The highest BCUT2D eigenvalue weighted by Crippen LogP contribution is 2.45. The van der Waals surface area contributed by atoms with Gasteiger partial charge in [-0.2, -0.15) is 0 Å². The van der Waals surface area contributed by atoms with Gasteiger partial charge in [0, 0.05) is 24.8 Å². The van der Waals surface area contributed by atoms with Gasteiger partial charge in [-0.25, -0.2) is 4.98 Å². The van der Waals surface area contributed by atoms with Gasteiger partial charge in [-0.1, -0.05) is 24.3 Å². The highest BCUT2D eigenvalue weighted by Gasteiger charge is 2.48. The van der Waals surface area contributed by atoms with Crippen LogP contribution in [0.3, 0.4) is 0 Å². The van der Waals surface area contributed by atoms with E-state index in [1.165, 1.54) is 15.8 Å². The Bertz CT molecular complexity index is 988. The highest BCUT2D eigenvalue weighted by atomic mass is 32.1. The van der Waals surface area contributed by atoms with E-state index in [-0.39, 0.29) is 11.3 Å². The summed E-state index contributed by atoms with van der Waals surface area (Å²) in [7, 11) is 0. The number of carbonyl (C=O) groups is 1. The summed E-state index contributed by atoms with van der Waals surface area (Å²) in [6.07, 6.45) is 1.75. The molecule has 5 heteroatoms. The summed E-state index contributed by atoms with van der Waals surface area (Å²) in [6.45, 7) is 4.12. The molecule has 3 heterocycles. The molecule has 2 aliphatic rings. The molecule has 0 unspecified atom stereocenters. The third kappa shape index (κ3) is 2.31. The summed E-state index contributed by atoms with van der Waals surface area (Å²) in [4.78, 5) is 19.7. The van der Waals surface area contributed by atoms with Gasteiger partial charge in [0.05, 0.1) is 21.1 Å². The van der Waals surface area contributed by atoms with E-state index < -0.39 is 0 Å². The maximum Gasteiger partial charge on any atom is 0.235 e. The number of carbonyl (C=O) groups excluding carboxylic acids is 1. The smallest absolute Gasteiger partial charge is 0.235 e. The third-order valence-corrected chi connectivity index (χ3v) is 6.97. The van der Waals surface area contributed by atoms with Gasteiger partial charge in [-0.05, 0) is 49.1 Å². The van der Waals surface area contributed by atoms with Gasteiger partial charge in [-0.3, -0.25) is 9.69 Å². The molecule has 26 heavy (non-hydrogen) atoms. The van der Waals surface area contributed by atoms with Crippen LogP contribution in [0.1, 0.15) is 36.9 Å². The van der Waals surface area contributed by atoms with Crippen LogP contribution in [-0.4, -0.2) is 28.9 Å². The number of benzene rings is 2. The van der Waals surface area contributed by atoms with Gasteiger partial charge in [0.1, 0.15) is 0 Å². The predicted molar refractivity (Wildman–Crippen MR) is 106 cm³/mol. The van der Waals surface area contributed by atoms with Crippen LogP contribution in [0.4, 0.5) is 5.69 Å².